The van der Waals surface area contributed by atoms with Gasteiger partial charge in [0.25, 0.3) is 0 Å². The number of rotatable bonds is 4. The fraction of sp³-hybridized carbons (Fsp3) is 0.625. The van der Waals surface area contributed by atoms with Gasteiger partial charge in [-0.3, -0.25) is 4.68 Å². The second-order valence-corrected chi connectivity index (χ2v) is 6.20. The van der Waals surface area contributed by atoms with Gasteiger partial charge in [0.15, 0.2) is 0 Å². The molecular weight excluding hydrogens is 224 g/mol. The minimum atomic E-state index is -2.93. The molecule has 0 amide bonds. The maximum atomic E-state index is 10.9. The predicted octanol–water partition coefficient (Wildman–Crippen LogP) is 1.23. The number of hydrogen-bond donors (Lipinski definition) is 0. The Labute approximate surface area is 88.8 Å². The molecule has 0 saturated heterocycles. The molecule has 0 bridgehead atoms. The van der Waals surface area contributed by atoms with Crippen LogP contribution >= 0.6 is 11.6 Å². The summed E-state index contributed by atoms with van der Waals surface area (Å²) in [7, 11) is -2.93. The van der Waals surface area contributed by atoms with E-state index < -0.39 is 9.84 Å². The molecule has 0 fully saturated rings. The number of sulfone groups is 1. The van der Waals surface area contributed by atoms with Gasteiger partial charge in [0.2, 0.25) is 0 Å². The van der Waals surface area contributed by atoms with E-state index in [9.17, 15) is 8.42 Å². The molecule has 0 aliphatic heterocycles. The molecule has 6 heteroatoms. The number of hydrogen-bond acceptors (Lipinski definition) is 3. The summed E-state index contributed by atoms with van der Waals surface area (Å²) in [5, 5.41) is 3.91. The fourth-order valence-electron chi connectivity index (χ4n) is 0.967. The van der Waals surface area contributed by atoms with Crippen molar-refractivity contribution in [2.45, 2.75) is 18.8 Å². The molecule has 1 aromatic rings. The van der Waals surface area contributed by atoms with Crippen LogP contribution in [-0.2, 0) is 16.4 Å². The van der Waals surface area contributed by atoms with E-state index in [0.29, 0.717) is 6.54 Å². The summed E-state index contributed by atoms with van der Waals surface area (Å²) in [4.78, 5) is 0. The van der Waals surface area contributed by atoms with E-state index in [4.69, 9.17) is 11.6 Å². The smallest absolute Gasteiger partial charge is 0.149 e. The highest BCUT2D eigenvalue weighted by Gasteiger charge is 2.06. The summed E-state index contributed by atoms with van der Waals surface area (Å²) < 4.78 is 23.3. The van der Waals surface area contributed by atoms with Crippen molar-refractivity contribution in [2.24, 2.45) is 0 Å². The first-order valence-corrected chi connectivity index (χ1v) is 6.72. The molecular formula is C8H13ClN2O2S. The van der Waals surface area contributed by atoms with Crippen LogP contribution in [0.2, 0.25) is 0 Å². The topological polar surface area (TPSA) is 52.0 Å². The van der Waals surface area contributed by atoms with Crippen LogP contribution in [0.15, 0.2) is 12.4 Å². The molecule has 0 saturated carbocycles. The number of halogens is 1. The average Bonchev–Trinajstić information content (AvgIpc) is 2.47. The fourth-order valence-corrected chi connectivity index (χ4v) is 1.60. The van der Waals surface area contributed by atoms with Crippen molar-refractivity contribution < 1.29 is 8.42 Å². The van der Waals surface area contributed by atoms with E-state index in [-0.39, 0.29) is 11.1 Å². The first-order valence-electron chi connectivity index (χ1n) is 4.22. The minimum absolute atomic E-state index is 0.0954. The zero-order chi connectivity index (χ0) is 10.8. The van der Waals surface area contributed by atoms with Crippen molar-refractivity contribution in [2.75, 3.05) is 12.0 Å². The van der Waals surface area contributed by atoms with Gasteiger partial charge in [-0.2, -0.15) is 5.10 Å². The SMILES string of the molecule is CC(Cl)c1cnn(CCS(C)(=O)=O)c1. The van der Waals surface area contributed by atoms with Crippen LogP contribution in [0, 0.1) is 0 Å². The summed E-state index contributed by atoms with van der Waals surface area (Å²) in [5.41, 5.74) is 0.903. The summed E-state index contributed by atoms with van der Waals surface area (Å²) in [5.74, 6) is 0.102. The molecule has 0 N–H and O–H groups in total. The highest BCUT2D eigenvalue weighted by molar-refractivity contribution is 7.90. The molecule has 1 atom stereocenters. The lowest BCUT2D eigenvalue weighted by Crippen LogP contribution is -2.11. The molecule has 0 spiro atoms. The first kappa shape index (κ1) is 11.5. The van der Waals surface area contributed by atoms with Crippen LogP contribution in [0.3, 0.4) is 0 Å². The maximum Gasteiger partial charge on any atom is 0.149 e. The number of alkyl halides is 1. The van der Waals surface area contributed by atoms with Gasteiger partial charge < -0.3 is 0 Å². The van der Waals surface area contributed by atoms with Gasteiger partial charge in [-0.05, 0) is 6.92 Å². The molecule has 0 radical (unpaired) electrons. The Morgan fingerprint density at radius 1 is 1.64 bits per heavy atom. The number of aryl methyl sites for hydroxylation is 1. The lowest BCUT2D eigenvalue weighted by Gasteiger charge is -1.99. The van der Waals surface area contributed by atoms with E-state index in [1.165, 1.54) is 6.26 Å². The highest BCUT2D eigenvalue weighted by atomic mass is 35.5. The zero-order valence-corrected chi connectivity index (χ0v) is 9.72. The molecule has 0 aliphatic carbocycles. The summed E-state index contributed by atoms with van der Waals surface area (Å²) in [6.45, 7) is 2.22. The summed E-state index contributed by atoms with van der Waals surface area (Å²) >= 11 is 5.83. The van der Waals surface area contributed by atoms with Gasteiger partial charge >= 0.3 is 0 Å². The quantitative estimate of drug-likeness (QED) is 0.739. The summed E-state index contributed by atoms with van der Waals surface area (Å²) in [6.07, 6.45) is 4.63. The van der Waals surface area contributed by atoms with Crippen LogP contribution in [0.25, 0.3) is 0 Å². The van der Waals surface area contributed by atoms with Gasteiger partial charge in [-0.15, -0.1) is 11.6 Å². The standard InChI is InChI=1S/C8H13ClN2O2S/c1-7(9)8-5-10-11(6-8)3-4-14(2,12)13/h5-7H,3-4H2,1-2H3. The zero-order valence-electron chi connectivity index (χ0n) is 8.14. The van der Waals surface area contributed by atoms with Gasteiger partial charge in [0.05, 0.1) is 23.9 Å². The normalized spacial score (nSPS) is 14.2. The third-order valence-electron chi connectivity index (χ3n) is 1.80. The lowest BCUT2D eigenvalue weighted by molar-refractivity contribution is 0.586. The first-order chi connectivity index (χ1) is 6.38. The van der Waals surface area contributed by atoms with E-state index in [0.717, 1.165) is 5.56 Å². The van der Waals surface area contributed by atoms with Crippen LogP contribution < -0.4 is 0 Å². The Balaban J connectivity index is 2.61. The molecule has 1 unspecified atom stereocenters. The van der Waals surface area contributed by atoms with Crippen molar-refractivity contribution in [3.8, 4) is 0 Å². The van der Waals surface area contributed by atoms with Crippen molar-refractivity contribution >= 4 is 21.4 Å². The van der Waals surface area contributed by atoms with Gasteiger partial charge in [-0.25, -0.2) is 8.42 Å². The van der Waals surface area contributed by atoms with Crippen LogP contribution in [-0.4, -0.2) is 30.2 Å². The van der Waals surface area contributed by atoms with E-state index in [1.807, 2.05) is 6.92 Å². The molecule has 4 nitrogen and oxygen atoms in total. The monoisotopic (exact) mass is 236 g/mol. The van der Waals surface area contributed by atoms with Crippen molar-refractivity contribution in [3.63, 3.8) is 0 Å². The second-order valence-electron chi connectivity index (χ2n) is 3.28. The number of nitrogens with zero attached hydrogens (tertiary/aromatic N) is 2. The van der Waals surface area contributed by atoms with E-state index >= 15 is 0 Å². The Kier molecular flexibility index (Phi) is 3.55. The van der Waals surface area contributed by atoms with Gasteiger partial charge in [0, 0.05) is 18.0 Å². The molecule has 80 valence electrons. The van der Waals surface area contributed by atoms with E-state index in [1.54, 1.807) is 17.1 Å². The largest absolute Gasteiger partial charge is 0.271 e. The molecule has 0 aliphatic rings. The van der Waals surface area contributed by atoms with Crippen molar-refractivity contribution in [1.82, 2.24) is 9.78 Å². The Bertz CT molecular complexity index is 397. The molecule has 0 aromatic carbocycles. The second kappa shape index (κ2) is 4.31. The molecule has 1 aromatic heterocycles. The van der Waals surface area contributed by atoms with Gasteiger partial charge in [-0.1, -0.05) is 0 Å². The Morgan fingerprint density at radius 3 is 2.71 bits per heavy atom. The third-order valence-corrected chi connectivity index (χ3v) is 2.98. The van der Waals surface area contributed by atoms with Crippen molar-refractivity contribution in [1.29, 1.82) is 0 Å². The van der Waals surface area contributed by atoms with Crippen LogP contribution in [0.1, 0.15) is 17.9 Å². The average molecular weight is 237 g/mol. The molecule has 1 heterocycles. The summed E-state index contributed by atoms with van der Waals surface area (Å²) in [6, 6.07) is 0. The minimum Gasteiger partial charge on any atom is -0.271 e. The molecule has 14 heavy (non-hydrogen) atoms. The Hall–Kier alpha value is -0.550. The highest BCUT2D eigenvalue weighted by Crippen LogP contribution is 2.17. The third kappa shape index (κ3) is 3.67. The van der Waals surface area contributed by atoms with Crippen molar-refractivity contribution in [3.05, 3.63) is 18.0 Å². The lowest BCUT2D eigenvalue weighted by atomic mass is 10.3. The Morgan fingerprint density at radius 2 is 2.29 bits per heavy atom. The van der Waals surface area contributed by atoms with Crippen LogP contribution in [0.5, 0.6) is 0 Å². The van der Waals surface area contributed by atoms with E-state index in [2.05, 4.69) is 5.10 Å². The maximum absolute atomic E-state index is 10.9. The number of aromatic nitrogens is 2. The predicted molar refractivity (Wildman–Crippen MR) is 56.2 cm³/mol. The van der Waals surface area contributed by atoms with Crippen LogP contribution in [0.4, 0.5) is 0 Å². The molecule has 1 rings (SSSR count). The van der Waals surface area contributed by atoms with Gasteiger partial charge in [0.1, 0.15) is 9.84 Å².